The summed E-state index contributed by atoms with van der Waals surface area (Å²) in [6.07, 6.45) is 5.80. The zero-order valence-electron chi connectivity index (χ0n) is 9.06. The lowest BCUT2D eigenvalue weighted by Gasteiger charge is -2.04. The van der Waals surface area contributed by atoms with Crippen molar-refractivity contribution < 1.29 is 4.79 Å². The van der Waals surface area contributed by atoms with E-state index in [4.69, 9.17) is 6.42 Å². The van der Waals surface area contributed by atoms with Crippen LogP contribution in [-0.2, 0) is 6.54 Å². The summed E-state index contributed by atoms with van der Waals surface area (Å²) < 4.78 is 1.27. The molecule has 0 atom stereocenters. The van der Waals surface area contributed by atoms with Gasteiger partial charge in [-0.15, -0.1) is 6.42 Å². The van der Waals surface area contributed by atoms with Crippen LogP contribution in [0.3, 0.4) is 0 Å². The van der Waals surface area contributed by atoms with E-state index in [1.54, 1.807) is 0 Å². The summed E-state index contributed by atoms with van der Waals surface area (Å²) in [6, 6.07) is 2.72. The quantitative estimate of drug-likeness (QED) is 0.726. The molecule has 0 aliphatic heterocycles. The van der Waals surface area contributed by atoms with Crippen LogP contribution in [0.15, 0.2) is 16.9 Å². The van der Waals surface area contributed by atoms with Gasteiger partial charge in [0.2, 0.25) is 0 Å². The zero-order chi connectivity index (χ0) is 12.0. The molecule has 0 fully saturated rings. The van der Waals surface area contributed by atoms with Crippen LogP contribution in [0.4, 0.5) is 0 Å². The topological polar surface area (TPSA) is 64.0 Å². The van der Waals surface area contributed by atoms with Crippen molar-refractivity contribution in [2.24, 2.45) is 0 Å². The second-order valence-electron chi connectivity index (χ2n) is 3.17. The van der Waals surface area contributed by atoms with E-state index in [-0.39, 0.29) is 23.7 Å². The molecule has 84 valence electrons. The van der Waals surface area contributed by atoms with Crippen molar-refractivity contribution in [3.8, 4) is 12.3 Å². The van der Waals surface area contributed by atoms with Gasteiger partial charge in [-0.2, -0.15) is 5.10 Å². The van der Waals surface area contributed by atoms with E-state index >= 15 is 0 Å². The van der Waals surface area contributed by atoms with Gasteiger partial charge in [0.25, 0.3) is 11.5 Å². The molecule has 0 spiro atoms. The second-order valence-corrected chi connectivity index (χ2v) is 3.17. The first-order valence-electron chi connectivity index (χ1n) is 4.99. The van der Waals surface area contributed by atoms with Gasteiger partial charge in [0.15, 0.2) is 0 Å². The van der Waals surface area contributed by atoms with E-state index < -0.39 is 0 Å². The molecule has 0 saturated carbocycles. The predicted octanol–water partition coefficient (Wildman–Crippen LogP) is 0.0163. The van der Waals surface area contributed by atoms with E-state index in [9.17, 15) is 9.59 Å². The smallest absolute Gasteiger partial charge is 0.272 e. The van der Waals surface area contributed by atoms with Crippen LogP contribution in [0.1, 0.15) is 23.8 Å². The summed E-state index contributed by atoms with van der Waals surface area (Å²) in [5.74, 6) is 1.92. The van der Waals surface area contributed by atoms with Crippen LogP contribution in [-0.4, -0.2) is 22.2 Å². The van der Waals surface area contributed by atoms with Crippen molar-refractivity contribution in [2.75, 3.05) is 6.54 Å². The van der Waals surface area contributed by atoms with E-state index in [1.807, 2.05) is 6.92 Å². The Bertz CT molecular complexity index is 471. The van der Waals surface area contributed by atoms with E-state index in [0.29, 0.717) is 6.54 Å². The largest absolute Gasteiger partial charge is 0.340 e. The molecule has 1 N–H and O–H groups in total. The molecule has 1 amide bonds. The molecular formula is C11H13N3O2. The summed E-state index contributed by atoms with van der Waals surface area (Å²) in [6.45, 7) is 2.57. The Labute approximate surface area is 93.5 Å². The fourth-order valence-electron chi connectivity index (χ4n) is 1.16. The first kappa shape index (κ1) is 12.0. The molecule has 0 bridgehead atoms. The fraction of sp³-hybridized carbons (Fsp3) is 0.364. The molecule has 5 heteroatoms. The van der Waals surface area contributed by atoms with E-state index in [2.05, 4.69) is 16.3 Å². The van der Waals surface area contributed by atoms with Gasteiger partial charge in [0.1, 0.15) is 5.69 Å². The average Bonchev–Trinajstić information content (AvgIpc) is 2.29. The van der Waals surface area contributed by atoms with Gasteiger partial charge < -0.3 is 5.32 Å². The molecule has 0 aromatic carbocycles. The van der Waals surface area contributed by atoms with Crippen LogP contribution >= 0.6 is 0 Å². The third kappa shape index (κ3) is 2.95. The van der Waals surface area contributed by atoms with Crippen LogP contribution < -0.4 is 10.9 Å². The van der Waals surface area contributed by atoms with Gasteiger partial charge in [-0.1, -0.05) is 12.8 Å². The molecule has 5 nitrogen and oxygen atoms in total. The Morgan fingerprint density at radius 2 is 2.38 bits per heavy atom. The van der Waals surface area contributed by atoms with Crippen molar-refractivity contribution in [3.63, 3.8) is 0 Å². The molecule has 1 heterocycles. The van der Waals surface area contributed by atoms with Crippen molar-refractivity contribution in [2.45, 2.75) is 19.9 Å². The van der Waals surface area contributed by atoms with E-state index in [0.717, 1.165) is 6.42 Å². The molecule has 1 rings (SSSR count). The van der Waals surface area contributed by atoms with Gasteiger partial charge >= 0.3 is 0 Å². The minimum absolute atomic E-state index is 0.146. The second kappa shape index (κ2) is 5.71. The summed E-state index contributed by atoms with van der Waals surface area (Å²) >= 11 is 0. The first-order chi connectivity index (χ1) is 7.69. The molecule has 0 unspecified atom stereocenters. The molecule has 0 radical (unpaired) electrons. The maximum atomic E-state index is 11.5. The number of aromatic nitrogens is 2. The third-order valence-electron chi connectivity index (χ3n) is 1.89. The number of amides is 1. The molecule has 0 saturated heterocycles. The number of carbonyl (C=O) groups excluding carboxylic acids is 1. The molecule has 16 heavy (non-hydrogen) atoms. The van der Waals surface area contributed by atoms with Crippen molar-refractivity contribution in [3.05, 3.63) is 28.2 Å². The number of aryl methyl sites for hydroxylation is 1. The van der Waals surface area contributed by atoms with Gasteiger partial charge in [-0.25, -0.2) is 4.68 Å². The van der Waals surface area contributed by atoms with Crippen LogP contribution in [0.5, 0.6) is 0 Å². The van der Waals surface area contributed by atoms with E-state index in [1.165, 1.54) is 16.8 Å². The van der Waals surface area contributed by atoms with Crippen LogP contribution in [0.2, 0.25) is 0 Å². The Hall–Kier alpha value is -2.09. The van der Waals surface area contributed by atoms with Gasteiger partial charge in [0, 0.05) is 12.6 Å². The molecule has 0 aliphatic carbocycles. The standard InChI is InChI=1S/C11H13N3O2/c1-3-7-12-11(16)9-5-6-10(15)14(13-9)8-4-2/h1,5-6H,4,7-8H2,2H3,(H,12,16). The number of rotatable bonds is 4. The normalized spacial score (nSPS) is 9.50. The number of hydrogen-bond acceptors (Lipinski definition) is 3. The van der Waals surface area contributed by atoms with Crippen LogP contribution in [0.25, 0.3) is 0 Å². The Morgan fingerprint density at radius 1 is 1.62 bits per heavy atom. The van der Waals surface area contributed by atoms with Crippen molar-refractivity contribution in [1.29, 1.82) is 0 Å². The summed E-state index contributed by atoms with van der Waals surface area (Å²) in [4.78, 5) is 22.8. The molecule has 0 aliphatic rings. The number of nitrogens with one attached hydrogen (secondary N) is 1. The average molecular weight is 219 g/mol. The fourth-order valence-corrected chi connectivity index (χ4v) is 1.16. The van der Waals surface area contributed by atoms with Crippen LogP contribution in [0, 0.1) is 12.3 Å². The first-order valence-corrected chi connectivity index (χ1v) is 4.99. The third-order valence-corrected chi connectivity index (χ3v) is 1.89. The number of terminal acetylenes is 1. The Kier molecular flexibility index (Phi) is 4.28. The maximum Gasteiger partial charge on any atom is 0.272 e. The lowest BCUT2D eigenvalue weighted by Crippen LogP contribution is -2.29. The molecule has 1 aromatic rings. The van der Waals surface area contributed by atoms with Crippen molar-refractivity contribution in [1.82, 2.24) is 15.1 Å². The molecule has 1 aromatic heterocycles. The summed E-state index contributed by atoms with van der Waals surface area (Å²) in [5, 5.41) is 6.42. The summed E-state index contributed by atoms with van der Waals surface area (Å²) in [5.41, 5.74) is -0.0151. The summed E-state index contributed by atoms with van der Waals surface area (Å²) in [7, 11) is 0. The minimum Gasteiger partial charge on any atom is -0.340 e. The van der Waals surface area contributed by atoms with Crippen molar-refractivity contribution >= 4 is 5.91 Å². The number of hydrogen-bond donors (Lipinski definition) is 1. The van der Waals surface area contributed by atoms with Gasteiger partial charge in [-0.3, -0.25) is 9.59 Å². The molecular weight excluding hydrogens is 206 g/mol. The lowest BCUT2D eigenvalue weighted by atomic mass is 10.3. The number of carbonyl (C=O) groups is 1. The SMILES string of the molecule is C#CCNC(=O)c1ccc(=O)n(CCC)n1. The highest BCUT2D eigenvalue weighted by molar-refractivity contribution is 5.92. The Morgan fingerprint density at radius 3 is 3.00 bits per heavy atom. The van der Waals surface area contributed by atoms with Gasteiger partial charge in [0.05, 0.1) is 6.54 Å². The Balaban J connectivity index is 2.90. The highest BCUT2D eigenvalue weighted by atomic mass is 16.2. The lowest BCUT2D eigenvalue weighted by molar-refractivity contribution is 0.0951. The maximum absolute atomic E-state index is 11.5. The zero-order valence-corrected chi connectivity index (χ0v) is 9.06. The highest BCUT2D eigenvalue weighted by Gasteiger charge is 2.07. The number of nitrogens with zero attached hydrogens (tertiary/aromatic N) is 2. The monoisotopic (exact) mass is 219 g/mol. The highest BCUT2D eigenvalue weighted by Crippen LogP contribution is 1.91. The predicted molar refractivity (Wildman–Crippen MR) is 60.0 cm³/mol. The minimum atomic E-state index is -0.372. The van der Waals surface area contributed by atoms with Gasteiger partial charge in [-0.05, 0) is 12.5 Å².